The lowest BCUT2D eigenvalue weighted by Crippen LogP contribution is -2.15. The van der Waals surface area contributed by atoms with Crippen LogP contribution in [0.25, 0.3) is 0 Å². The number of carboxylic acids is 1. The van der Waals surface area contributed by atoms with Crippen LogP contribution >= 0.6 is 22.9 Å². The number of rotatable bonds is 4. The fraction of sp³-hybridized carbons (Fsp3) is 0.333. The molecule has 4 nitrogen and oxygen atoms in total. The van der Waals surface area contributed by atoms with E-state index in [4.69, 9.17) is 23.1 Å². The van der Waals surface area contributed by atoms with Crippen LogP contribution in [0.2, 0.25) is 5.15 Å². The van der Waals surface area contributed by atoms with Crippen molar-refractivity contribution in [2.45, 2.75) is 19.4 Å². The van der Waals surface area contributed by atoms with E-state index in [1.165, 1.54) is 0 Å². The number of aromatic carboxylic acids is 1. The van der Waals surface area contributed by atoms with Gasteiger partial charge in [0.15, 0.2) is 15.2 Å². The minimum Gasteiger partial charge on any atom is -0.477 e. The van der Waals surface area contributed by atoms with E-state index in [9.17, 15) is 4.79 Å². The summed E-state index contributed by atoms with van der Waals surface area (Å²) >= 11 is 6.61. The summed E-state index contributed by atoms with van der Waals surface area (Å²) in [6, 6.07) is -0.158. The number of hydrogen-bond donors (Lipinski definition) is 2. The van der Waals surface area contributed by atoms with Crippen molar-refractivity contribution in [2.75, 3.05) is 5.32 Å². The third kappa shape index (κ3) is 2.85. The summed E-state index contributed by atoms with van der Waals surface area (Å²) in [5.74, 6) is 1.44. The van der Waals surface area contributed by atoms with Gasteiger partial charge >= 0.3 is 5.97 Å². The van der Waals surface area contributed by atoms with E-state index in [-0.39, 0.29) is 16.1 Å². The Balaban J connectivity index is 2.85. The first-order valence-corrected chi connectivity index (χ1v) is 5.40. The third-order valence-electron chi connectivity index (χ3n) is 1.69. The molecule has 0 spiro atoms. The number of carbonyl (C=O) groups is 1. The van der Waals surface area contributed by atoms with E-state index in [0.717, 1.165) is 17.8 Å². The summed E-state index contributed by atoms with van der Waals surface area (Å²) in [6.45, 7) is 1.92. The van der Waals surface area contributed by atoms with Crippen LogP contribution in [-0.4, -0.2) is 22.1 Å². The molecule has 0 radical (unpaired) electrons. The summed E-state index contributed by atoms with van der Waals surface area (Å²) in [5.41, 5.74) is 0. The number of thiazole rings is 1. The highest BCUT2D eigenvalue weighted by molar-refractivity contribution is 7.18. The quantitative estimate of drug-likeness (QED) is 0.798. The van der Waals surface area contributed by atoms with Crippen molar-refractivity contribution in [1.82, 2.24) is 4.98 Å². The smallest absolute Gasteiger partial charge is 0.349 e. The number of hydrogen-bond acceptors (Lipinski definition) is 4. The molecule has 1 aromatic rings. The molecular weight excluding hydrogens is 236 g/mol. The molecule has 0 aliphatic carbocycles. The van der Waals surface area contributed by atoms with Gasteiger partial charge in [-0.2, -0.15) is 0 Å². The molecule has 80 valence electrons. The van der Waals surface area contributed by atoms with Crippen LogP contribution in [0.1, 0.15) is 23.0 Å². The van der Waals surface area contributed by atoms with E-state index in [0.29, 0.717) is 5.13 Å². The predicted molar refractivity (Wildman–Crippen MR) is 60.6 cm³/mol. The Labute approximate surface area is 96.3 Å². The molecule has 2 N–H and O–H groups in total. The molecule has 1 unspecified atom stereocenters. The lowest BCUT2D eigenvalue weighted by atomic mass is 10.2. The number of anilines is 1. The zero-order chi connectivity index (χ0) is 11.4. The molecule has 1 atom stereocenters. The number of nitrogens with zero attached hydrogens (tertiary/aromatic N) is 1. The second-order valence-corrected chi connectivity index (χ2v) is 4.07. The van der Waals surface area contributed by atoms with Gasteiger partial charge in [0.25, 0.3) is 0 Å². The second kappa shape index (κ2) is 5.01. The van der Waals surface area contributed by atoms with Gasteiger partial charge in [-0.15, -0.1) is 6.42 Å². The molecule has 1 rings (SSSR count). The first-order valence-electron chi connectivity index (χ1n) is 4.20. The van der Waals surface area contributed by atoms with Crippen molar-refractivity contribution >= 4 is 34.0 Å². The first-order chi connectivity index (χ1) is 7.08. The highest BCUT2D eigenvalue weighted by atomic mass is 35.5. The van der Waals surface area contributed by atoms with Crippen LogP contribution < -0.4 is 5.32 Å². The number of aromatic nitrogens is 1. The molecule has 0 aliphatic heterocycles. The van der Waals surface area contributed by atoms with Gasteiger partial charge in [-0.1, -0.05) is 35.8 Å². The molecule has 15 heavy (non-hydrogen) atoms. The molecular formula is C9H9ClN2O2S. The Morgan fingerprint density at radius 3 is 2.93 bits per heavy atom. The molecule has 1 heterocycles. The lowest BCUT2D eigenvalue weighted by Gasteiger charge is -2.07. The topological polar surface area (TPSA) is 62.2 Å². The molecule has 0 bridgehead atoms. The minimum absolute atomic E-state index is 0.0122. The minimum atomic E-state index is -1.08. The zero-order valence-electron chi connectivity index (χ0n) is 7.95. The Hall–Kier alpha value is -1.25. The van der Waals surface area contributed by atoms with Crippen molar-refractivity contribution in [2.24, 2.45) is 0 Å². The fourth-order valence-corrected chi connectivity index (χ4v) is 1.99. The molecule has 1 aromatic heterocycles. The van der Waals surface area contributed by atoms with Crippen LogP contribution in [0.4, 0.5) is 5.13 Å². The van der Waals surface area contributed by atoms with Crippen LogP contribution in [-0.2, 0) is 0 Å². The summed E-state index contributed by atoms with van der Waals surface area (Å²) < 4.78 is 0. The largest absolute Gasteiger partial charge is 0.477 e. The van der Waals surface area contributed by atoms with Crippen molar-refractivity contribution in [3.05, 3.63) is 10.0 Å². The Morgan fingerprint density at radius 1 is 1.87 bits per heavy atom. The second-order valence-electron chi connectivity index (χ2n) is 2.72. The third-order valence-corrected chi connectivity index (χ3v) is 3.05. The van der Waals surface area contributed by atoms with Crippen LogP contribution in [0.5, 0.6) is 0 Å². The van der Waals surface area contributed by atoms with Gasteiger partial charge in [0.05, 0.1) is 6.04 Å². The predicted octanol–water partition coefficient (Wildman–Crippen LogP) is 2.32. The first kappa shape index (κ1) is 11.8. The van der Waals surface area contributed by atoms with Gasteiger partial charge in [-0.25, -0.2) is 9.78 Å². The van der Waals surface area contributed by atoms with E-state index in [2.05, 4.69) is 16.2 Å². The van der Waals surface area contributed by atoms with Gasteiger partial charge in [0.1, 0.15) is 0 Å². The van der Waals surface area contributed by atoms with E-state index in [1.54, 1.807) is 0 Å². The number of halogens is 1. The van der Waals surface area contributed by atoms with Gasteiger partial charge in [0, 0.05) is 0 Å². The van der Waals surface area contributed by atoms with Crippen molar-refractivity contribution < 1.29 is 9.90 Å². The summed E-state index contributed by atoms with van der Waals surface area (Å²) in [6.07, 6.45) is 5.98. The van der Waals surface area contributed by atoms with Gasteiger partial charge in [-0.3, -0.25) is 0 Å². The number of terminal acetylenes is 1. The average Bonchev–Trinajstić information content (AvgIpc) is 2.56. The maximum atomic E-state index is 10.7. The van der Waals surface area contributed by atoms with Gasteiger partial charge in [0.2, 0.25) is 0 Å². The Morgan fingerprint density at radius 2 is 2.53 bits per heavy atom. The highest BCUT2D eigenvalue weighted by Crippen LogP contribution is 2.27. The van der Waals surface area contributed by atoms with E-state index in [1.807, 2.05) is 6.92 Å². The molecule has 0 amide bonds. The molecule has 0 aromatic carbocycles. The van der Waals surface area contributed by atoms with Crippen LogP contribution in [0.15, 0.2) is 0 Å². The Bertz CT molecular complexity index is 411. The van der Waals surface area contributed by atoms with Crippen molar-refractivity contribution in [3.63, 3.8) is 0 Å². The monoisotopic (exact) mass is 244 g/mol. The Kier molecular flexibility index (Phi) is 3.95. The zero-order valence-corrected chi connectivity index (χ0v) is 9.52. The molecule has 0 saturated carbocycles. The standard InChI is InChI=1S/C9H9ClN2O2S/c1-3-5(4-2)11-9-12-7(10)6(15-9)8(13)14/h1,5H,4H2,2H3,(H,11,12)(H,13,14). The van der Waals surface area contributed by atoms with Crippen LogP contribution in [0, 0.1) is 12.3 Å². The maximum Gasteiger partial charge on any atom is 0.349 e. The fourth-order valence-electron chi connectivity index (χ4n) is 0.906. The van der Waals surface area contributed by atoms with Crippen molar-refractivity contribution in [3.8, 4) is 12.3 Å². The van der Waals surface area contributed by atoms with E-state index < -0.39 is 5.97 Å². The summed E-state index contributed by atoms with van der Waals surface area (Å²) in [4.78, 5) is 14.6. The normalized spacial score (nSPS) is 11.8. The lowest BCUT2D eigenvalue weighted by molar-refractivity contribution is 0.0702. The summed E-state index contributed by atoms with van der Waals surface area (Å²) in [7, 11) is 0. The maximum absolute atomic E-state index is 10.7. The molecule has 0 fully saturated rings. The van der Waals surface area contributed by atoms with E-state index >= 15 is 0 Å². The molecule has 0 saturated heterocycles. The molecule has 0 aliphatic rings. The van der Waals surface area contributed by atoms with Crippen LogP contribution in [0.3, 0.4) is 0 Å². The summed E-state index contributed by atoms with van der Waals surface area (Å²) in [5, 5.41) is 12.1. The number of carboxylic acid groups (broad SMARTS) is 1. The SMILES string of the molecule is C#CC(CC)Nc1nc(Cl)c(C(=O)O)s1. The number of nitrogens with one attached hydrogen (secondary N) is 1. The van der Waals surface area contributed by atoms with Gasteiger partial charge in [-0.05, 0) is 6.42 Å². The highest BCUT2D eigenvalue weighted by Gasteiger charge is 2.16. The van der Waals surface area contributed by atoms with Crippen molar-refractivity contribution in [1.29, 1.82) is 0 Å². The molecule has 6 heteroatoms. The van der Waals surface area contributed by atoms with Gasteiger partial charge < -0.3 is 10.4 Å². The average molecular weight is 245 g/mol.